The Morgan fingerprint density at radius 2 is 1.88 bits per heavy atom. The molecule has 9 heteroatoms. The summed E-state index contributed by atoms with van der Waals surface area (Å²) in [6, 6.07) is 6.04. The van der Waals surface area contributed by atoms with Crippen LogP contribution in [-0.4, -0.2) is 65.3 Å². The fraction of sp³-hybridized carbons (Fsp3) is 0.640. The molecule has 1 aliphatic heterocycles. The average molecular weight is 472 g/mol. The van der Waals surface area contributed by atoms with E-state index in [1.165, 1.54) is 12.8 Å². The summed E-state index contributed by atoms with van der Waals surface area (Å²) in [4.78, 5) is 23.4. The van der Waals surface area contributed by atoms with Crippen LogP contribution in [0, 0.1) is 0 Å². The zero-order valence-electron chi connectivity index (χ0n) is 20.5. The van der Waals surface area contributed by atoms with Gasteiger partial charge < -0.3 is 26.0 Å². The Morgan fingerprint density at radius 3 is 2.62 bits per heavy atom. The molecule has 9 nitrogen and oxygen atoms in total. The fourth-order valence-electron chi connectivity index (χ4n) is 4.05. The van der Waals surface area contributed by atoms with Gasteiger partial charge in [-0.1, -0.05) is 6.07 Å². The number of hydrogen-bond donors (Lipinski definition) is 3. The van der Waals surface area contributed by atoms with Crippen LogP contribution in [0.25, 0.3) is 0 Å². The number of anilines is 2. The third kappa shape index (κ3) is 9.50. The maximum Gasteiger partial charge on any atom is 0.349 e. The molecule has 3 heterocycles. The van der Waals surface area contributed by atoms with Crippen LogP contribution in [-0.2, 0) is 17.9 Å². The van der Waals surface area contributed by atoms with Crippen molar-refractivity contribution in [3.8, 4) is 0 Å². The number of aromatic nitrogens is 3. The van der Waals surface area contributed by atoms with Crippen LogP contribution in [0.3, 0.4) is 0 Å². The Morgan fingerprint density at radius 1 is 1.06 bits per heavy atom. The normalized spacial score (nSPS) is 15.0. The number of nitrogens with one attached hydrogen (secondary N) is 2. The SMILES string of the molecule is CNCCCCCOCc1ccc(Nc2ccn(CCCCN3CCC(N)CC3)c(=O)n2)nc1. The van der Waals surface area contributed by atoms with Crippen molar-refractivity contribution in [1.29, 1.82) is 0 Å². The number of rotatable bonds is 15. The van der Waals surface area contributed by atoms with Gasteiger partial charge in [0.05, 0.1) is 6.61 Å². The summed E-state index contributed by atoms with van der Waals surface area (Å²) in [5.74, 6) is 1.16. The van der Waals surface area contributed by atoms with E-state index in [9.17, 15) is 4.79 Å². The van der Waals surface area contributed by atoms with E-state index in [2.05, 4.69) is 25.5 Å². The predicted molar refractivity (Wildman–Crippen MR) is 136 cm³/mol. The third-order valence-corrected chi connectivity index (χ3v) is 6.19. The van der Waals surface area contributed by atoms with E-state index in [0.717, 1.165) is 70.5 Å². The quantitative estimate of drug-likeness (QED) is 0.340. The van der Waals surface area contributed by atoms with Gasteiger partial charge >= 0.3 is 5.69 Å². The summed E-state index contributed by atoms with van der Waals surface area (Å²) in [7, 11) is 1.97. The molecule has 3 rings (SSSR count). The Kier molecular flexibility index (Phi) is 11.5. The molecule has 2 aromatic heterocycles. The Hall–Kier alpha value is -2.33. The first kappa shape index (κ1) is 26.3. The molecular formula is C25H41N7O2. The molecule has 188 valence electrons. The topological polar surface area (TPSA) is 110 Å². The first-order chi connectivity index (χ1) is 16.6. The van der Waals surface area contributed by atoms with E-state index < -0.39 is 0 Å². The average Bonchev–Trinajstić information content (AvgIpc) is 2.84. The van der Waals surface area contributed by atoms with Crippen LogP contribution in [0.15, 0.2) is 35.4 Å². The molecular weight excluding hydrogens is 430 g/mol. The summed E-state index contributed by atoms with van der Waals surface area (Å²) in [5, 5.41) is 6.26. The van der Waals surface area contributed by atoms with Gasteiger partial charge in [-0.2, -0.15) is 4.98 Å². The van der Waals surface area contributed by atoms with Crippen molar-refractivity contribution in [1.82, 2.24) is 24.8 Å². The molecule has 0 radical (unpaired) electrons. The standard InChI is InChI=1S/C25H41N7O2/c1-27-12-3-2-6-18-34-20-21-7-8-23(28-19-21)29-24-11-17-32(25(33)30-24)14-5-4-13-31-15-9-22(26)10-16-31/h7-8,11,17,19,22,27H,2-6,9-10,12-16,18,20,26H2,1H3,(H,28,29,30,33). The minimum Gasteiger partial charge on any atom is -0.377 e. The third-order valence-electron chi connectivity index (χ3n) is 6.19. The number of pyridine rings is 1. The van der Waals surface area contributed by atoms with Crippen LogP contribution < -0.4 is 22.1 Å². The van der Waals surface area contributed by atoms with Crippen LogP contribution in [0.4, 0.5) is 11.6 Å². The van der Waals surface area contributed by atoms with Gasteiger partial charge in [0, 0.05) is 31.6 Å². The van der Waals surface area contributed by atoms with Crippen LogP contribution >= 0.6 is 0 Å². The van der Waals surface area contributed by atoms with Crippen molar-refractivity contribution in [3.63, 3.8) is 0 Å². The van der Waals surface area contributed by atoms with E-state index in [-0.39, 0.29) is 5.69 Å². The summed E-state index contributed by atoms with van der Waals surface area (Å²) in [6.07, 6.45) is 11.2. The van der Waals surface area contributed by atoms with E-state index in [0.29, 0.717) is 30.8 Å². The largest absolute Gasteiger partial charge is 0.377 e. The molecule has 0 unspecified atom stereocenters. The van der Waals surface area contributed by atoms with Crippen molar-refractivity contribution in [2.45, 2.75) is 64.1 Å². The monoisotopic (exact) mass is 471 g/mol. The second-order valence-corrected chi connectivity index (χ2v) is 9.07. The van der Waals surface area contributed by atoms with Gasteiger partial charge in [-0.05, 0) is 95.9 Å². The number of aryl methyl sites for hydroxylation is 1. The van der Waals surface area contributed by atoms with Crippen molar-refractivity contribution >= 4 is 11.6 Å². The molecule has 1 saturated heterocycles. The minimum atomic E-state index is -0.242. The zero-order chi connectivity index (χ0) is 24.0. The minimum absolute atomic E-state index is 0.242. The first-order valence-corrected chi connectivity index (χ1v) is 12.6. The molecule has 1 fully saturated rings. The van der Waals surface area contributed by atoms with Crippen molar-refractivity contribution in [2.75, 3.05) is 45.2 Å². The molecule has 0 amide bonds. The number of ether oxygens (including phenoxy) is 1. The Labute approximate surface area is 203 Å². The number of likely N-dealkylation sites (tertiary alicyclic amines) is 1. The lowest BCUT2D eigenvalue weighted by atomic mass is 10.1. The lowest BCUT2D eigenvalue weighted by Gasteiger charge is -2.29. The molecule has 0 saturated carbocycles. The smallest absolute Gasteiger partial charge is 0.349 e. The van der Waals surface area contributed by atoms with E-state index >= 15 is 0 Å². The highest BCUT2D eigenvalue weighted by molar-refractivity contribution is 5.50. The highest BCUT2D eigenvalue weighted by atomic mass is 16.5. The first-order valence-electron chi connectivity index (χ1n) is 12.6. The van der Waals surface area contributed by atoms with E-state index in [1.807, 2.05) is 25.2 Å². The molecule has 1 aliphatic rings. The fourth-order valence-corrected chi connectivity index (χ4v) is 4.05. The number of piperidine rings is 1. The molecule has 34 heavy (non-hydrogen) atoms. The van der Waals surface area contributed by atoms with Crippen LogP contribution in [0.2, 0.25) is 0 Å². The highest BCUT2D eigenvalue weighted by Gasteiger charge is 2.15. The maximum atomic E-state index is 12.4. The van der Waals surface area contributed by atoms with Gasteiger partial charge in [-0.3, -0.25) is 4.57 Å². The number of nitrogens with zero attached hydrogens (tertiary/aromatic N) is 4. The molecule has 0 spiro atoms. The molecule has 0 aromatic carbocycles. The second kappa shape index (κ2) is 14.8. The number of unbranched alkanes of at least 4 members (excludes halogenated alkanes) is 3. The highest BCUT2D eigenvalue weighted by Crippen LogP contribution is 2.12. The van der Waals surface area contributed by atoms with Crippen molar-refractivity contribution < 1.29 is 4.74 Å². The summed E-state index contributed by atoms with van der Waals surface area (Å²) >= 11 is 0. The van der Waals surface area contributed by atoms with Crippen LogP contribution in [0.1, 0.15) is 50.5 Å². The van der Waals surface area contributed by atoms with Gasteiger partial charge in [-0.25, -0.2) is 9.78 Å². The second-order valence-electron chi connectivity index (χ2n) is 9.07. The Balaban J connectivity index is 1.35. The maximum absolute atomic E-state index is 12.4. The summed E-state index contributed by atoms with van der Waals surface area (Å²) < 4.78 is 7.39. The van der Waals surface area contributed by atoms with Gasteiger partial charge in [0.2, 0.25) is 0 Å². The van der Waals surface area contributed by atoms with Crippen molar-refractivity contribution in [2.24, 2.45) is 5.73 Å². The summed E-state index contributed by atoms with van der Waals surface area (Å²) in [5.41, 5.74) is 6.75. The molecule has 4 N–H and O–H groups in total. The Bertz CT molecular complexity index is 880. The number of hydrogen-bond acceptors (Lipinski definition) is 8. The zero-order valence-corrected chi connectivity index (χ0v) is 20.5. The number of nitrogens with two attached hydrogens (primary N) is 1. The van der Waals surface area contributed by atoms with Gasteiger partial charge in [0.15, 0.2) is 0 Å². The van der Waals surface area contributed by atoms with Gasteiger partial charge in [0.25, 0.3) is 0 Å². The van der Waals surface area contributed by atoms with E-state index in [1.54, 1.807) is 17.0 Å². The van der Waals surface area contributed by atoms with Crippen LogP contribution in [0.5, 0.6) is 0 Å². The predicted octanol–water partition coefficient (Wildman–Crippen LogP) is 2.49. The van der Waals surface area contributed by atoms with Crippen molar-refractivity contribution in [3.05, 3.63) is 46.6 Å². The molecule has 2 aromatic rings. The molecule has 0 atom stereocenters. The van der Waals surface area contributed by atoms with E-state index in [4.69, 9.17) is 10.5 Å². The summed E-state index contributed by atoms with van der Waals surface area (Å²) in [6.45, 7) is 6.29. The molecule has 0 bridgehead atoms. The lowest BCUT2D eigenvalue weighted by Crippen LogP contribution is -2.40. The van der Waals surface area contributed by atoms with Gasteiger partial charge in [0.1, 0.15) is 11.6 Å². The van der Waals surface area contributed by atoms with Gasteiger partial charge in [-0.15, -0.1) is 0 Å². The lowest BCUT2D eigenvalue weighted by molar-refractivity contribution is 0.116. The molecule has 0 aliphatic carbocycles.